The highest BCUT2D eigenvalue weighted by Crippen LogP contribution is 2.37. The van der Waals surface area contributed by atoms with Crippen molar-refractivity contribution < 1.29 is 19.1 Å². The Morgan fingerprint density at radius 3 is 2.48 bits per heavy atom. The minimum atomic E-state index is -0.742. The summed E-state index contributed by atoms with van der Waals surface area (Å²) in [4.78, 5) is 30.8. The third kappa shape index (κ3) is 4.96. The second-order valence-electron chi connectivity index (χ2n) is 8.62. The van der Waals surface area contributed by atoms with Crippen LogP contribution in [0.5, 0.6) is 11.5 Å². The Balaban J connectivity index is 1.73. The van der Waals surface area contributed by atoms with Gasteiger partial charge in [0.15, 0.2) is 11.5 Å². The van der Waals surface area contributed by atoms with E-state index in [2.05, 4.69) is 0 Å². The van der Waals surface area contributed by atoms with Gasteiger partial charge in [0.25, 0.3) is 5.91 Å². The number of halogens is 1. The number of rotatable bonds is 7. The van der Waals surface area contributed by atoms with Crippen LogP contribution in [-0.2, 0) is 16.1 Å². The number of ether oxygens (including phenoxy) is 2. The summed E-state index contributed by atoms with van der Waals surface area (Å²) in [6.45, 7) is 2.79. The van der Waals surface area contributed by atoms with Crippen molar-refractivity contribution in [3.8, 4) is 11.5 Å². The number of piperazine rings is 1. The van der Waals surface area contributed by atoms with Crippen molar-refractivity contribution in [2.45, 2.75) is 57.7 Å². The van der Waals surface area contributed by atoms with Gasteiger partial charge in [-0.15, -0.1) is 0 Å². The molecule has 2 fully saturated rings. The quantitative estimate of drug-likeness (QED) is 0.571. The number of nitrogens with zero attached hydrogens (tertiary/aromatic N) is 2. The first-order chi connectivity index (χ1) is 16.0. The van der Waals surface area contributed by atoms with Crippen LogP contribution in [0.4, 0.5) is 0 Å². The van der Waals surface area contributed by atoms with Gasteiger partial charge in [0.05, 0.1) is 13.7 Å². The summed E-state index contributed by atoms with van der Waals surface area (Å²) in [5.74, 6) is 1.04. The lowest BCUT2D eigenvalue weighted by Gasteiger charge is -2.44. The van der Waals surface area contributed by atoms with E-state index < -0.39 is 6.04 Å². The van der Waals surface area contributed by atoms with Crippen LogP contribution in [0, 0.1) is 0 Å². The minimum Gasteiger partial charge on any atom is -0.493 e. The van der Waals surface area contributed by atoms with Gasteiger partial charge in [-0.05, 0) is 49.1 Å². The first kappa shape index (κ1) is 23.4. The molecule has 33 heavy (non-hydrogen) atoms. The average Bonchev–Trinajstić information content (AvgIpc) is 2.84. The fourth-order valence-corrected chi connectivity index (χ4v) is 5.09. The third-order valence-electron chi connectivity index (χ3n) is 6.57. The van der Waals surface area contributed by atoms with Crippen molar-refractivity contribution in [1.29, 1.82) is 0 Å². The zero-order chi connectivity index (χ0) is 23.4. The van der Waals surface area contributed by atoms with Crippen LogP contribution < -0.4 is 9.47 Å². The molecular formula is C26H31ClN2O4. The lowest BCUT2D eigenvalue weighted by Crippen LogP contribution is -2.58. The van der Waals surface area contributed by atoms with Gasteiger partial charge >= 0.3 is 0 Å². The molecule has 2 aromatic rings. The normalized spacial score (nSPS) is 19.7. The van der Waals surface area contributed by atoms with Gasteiger partial charge in [0.1, 0.15) is 12.6 Å². The lowest BCUT2D eigenvalue weighted by atomic mass is 9.91. The summed E-state index contributed by atoms with van der Waals surface area (Å²) in [6, 6.07) is 12.3. The van der Waals surface area contributed by atoms with Gasteiger partial charge in [0.2, 0.25) is 5.91 Å². The largest absolute Gasteiger partial charge is 0.493 e. The van der Waals surface area contributed by atoms with E-state index in [-0.39, 0.29) is 30.9 Å². The van der Waals surface area contributed by atoms with Gasteiger partial charge in [-0.25, -0.2) is 0 Å². The Hall–Kier alpha value is -2.73. The molecule has 1 heterocycles. The van der Waals surface area contributed by atoms with Crippen molar-refractivity contribution in [3.05, 3.63) is 58.6 Å². The highest BCUT2D eigenvalue weighted by molar-refractivity contribution is 6.31. The Morgan fingerprint density at radius 2 is 1.79 bits per heavy atom. The van der Waals surface area contributed by atoms with Gasteiger partial charge in [-0.1, -0.05) is 55.1 Å². The van der Waals surface area contributed by atoms with E-state index in [9.17, 15) is 9.59 Å². The molecule has 0 aromatic heterocycles. The fraction of sp³-hybridized carbons (Fsp3) is 0.462. The number of benzene rings is 2. The number of hydrogen-bond donors (Lipinski definition) is 0. The number of hydrogen-bond acceptors (Lipinski definition) is 4. The number of amides is 2. The molecule has 1 aliphatic carbocycles. The molecule has 1 saturated carbocycles. The van der Waals surface area contributed by atoms with E-state index in [0.717, 1.165) is 31.2 Å². The second kappa shape index (κ2) is 10.5. The number of carbonyl (C=O) groups excluding carboxylic acids is 2. The van der Waals surface area contributed by atoms with Crippen LogP contribution >= 0.6 is 11.6 Å². The molecule has 0 N–H and O–H groups in total. The summed E-state index contributed by atoms with van der Waals surface area (Å²) in [6.07, 6.45) is 5.26. The maximum absolute atomic E-state index is 13.9. The molecule has 2 aliphatic rings. The molecule has 0 radical (unpaired) electrons. The summed E-state index contributed by atoms with van der Waals surface area (Å²) in [5.41, 5.74) is 1.52. The molecule has 0 unspecified atom stereocenters. The third-order valence-corrected chi connectivity index (χ3v) is 6.94. The maximum Gasteiger partial charge on any atom is 0.250 e. The van der Waals surface area contributed by atoms with Gasteiger partial charge in [-0.3, -0.25) is 9.59 Å². The predicted octanol–water partition coefficient (Wildman–Crippen LogP) is 4.99. The Morgan fingerprint density at radius 1 is 1.03 bits per heavy atom. The van der Waals surface area contributed by atoms with Gasteiger partial charge in [0, 0.05) is 17.6 Å². The molecule has 1 saturated heterocycles. The predicted molar refractivity (Wildman–Crippen MR) is 127 cm³/mol. The second-order valence-corrected chi connectivity index (χ2v) is 9.02. The first-order valence-electron chi connectivity index (χ1n) is 11.7. The van der Waals surface area contributed by atoms with Crippen molar-refractivity contribution >= 4 is 23.4 Å². The molecule has 4 rings (SSSR count). The van der Waals surface area contributed by atoms with E-state index in [1.54, 1.807) is 23.0 Å². The Labute approximate surface area is 200 Å². The maximum atomic E-state index is 13.9. The summed E-state index contributed by atoms with van der Waals surface area (Å²) in [5, 5.41) is 0.579. The molecule has 176 valence electrons. The van der Waals surface area contributed by atoms with Crippen molar-refractivity contribution in [2.75, 3.05) is 20.3 Å². The van der Waals surface area contributed by atoms with Crippen LogP contribution in [-0.4, -0.2) is 47.9 Å². The van der Waals surface area contributed by atoms with Gasteiger partial charge in [-0.2, -0.15) is 0 Å². The molecule has 0 spiro atoms. The molecule has 7 heteroatoms. The molecule has 0 bridgehead atoms. The van der Waals surface area contributed by atoms with Crippen LogP contribution in [0.25, 0.3) is 0 Å². The molecule has 2 amide bonds. The summed E-state index contributed by atoms with van der Waals surface area (Å²) >= 11 is 6.41. The van der Waals surface area contributed by atoms with Gasteiger partial charge < -0.3 is 19.3 Å². The molecule has 1 atom stereocenters. The van der Waals surface area contributed by atoms with Crippen molar-refractivity contribution in [1.82, 2.24) is 9.80 Å². The summed E-state index contributed by atoms with van der Waals surface area (Å²) in [7, 11) is 1.57. The molecule has 2 aromatic carbocycles. The average molecular weight is 471 g/mol. The Kier molecular flexibility index (Phi) is 7.43. The molecular weight excluding hydrogens is 440 g/mol. The smallest absolute Gasteiger partial charge is 0.250 e. The van der Waals surface area contributed by atoms with E-state index in [0.29, 0.717) is 28.7 Å². The minimum absolute atomic E-state index is 0.0419. The highest BCUT2D eigenvalue weighted by Gasteiger charge is 2.43. The van der Waals surface area contributed by atoms with Crippen LogP contribution in [0.15, 0.2) is 42.5 Å². The number of methoxy groups -OCH3 is 1. The molecule has 1 aliphatic heterocycles. The van der Waals surface area contributed by atoms with E-state index in [1.807, 2.05) is 43.3 Å². The standard InChI is InChI=1S/C26H31ClN2O4/c1-3-33-22-14-13-18(15-23(22)32-2)25-26(31)28(20-10-5-4-6-11-20)17-24(30)29(25)16-19-9-7-8-12-21(19)27/h7-9,12-15,20,25H,3-6,10-11,16-17H2,1-2H3/t25-/m1/s1. The first-order valence-corrected chi connectivity index (χ1v) is 12.0. The zero-order valence-electron chi connectivity index (χ0n) is 19.3. The fourth-order valence-electron chi connectivity index (χ4n) is 4.89. The monoisotopic (exact) mass is 470 g/mol. The summed E-state index contributed by atoms with van der Waals surface area (Å²) < 4.78 is 11.2. The SMILES string of the molecule is CCOc1ccc([C@@H]2C(=O)N(C3CCCCC3)CC(=O)N2Cc2ccccc2Cl)cc1OC. The number of carbonyl (C=O) groups is 2. The van der Waals surface area contributed by atoms with E-state index in [4.69, 9.17) is 21.1 Å². The highest BCUT2D eigenvalue weighted by atomic mass is 35.5. The Bertz CT molecular complexity index is 1010. The van der Waals surface area contributed by atoms with Crippen molar-refractivity contribution in [2.24, 2.45) is 0 Å². The van der Waals surface area contributed by atoms with Crippen molar-refractivity contribution in [3.63, 3.8) is 0 Å². The molecule has 6 nitrogen and oxygen atoms in total. The topological polar surface area (TPSA) is 59.1 Å². The van der Waals surface area contributed by atoms with Crippen LogP contribution in [0.2, 0.25) is 5.02 Å². The van der Waals surface area contributed by atoms with Crippen LogP contribution in [0.1, 0.15) is 56.2 Å². The lowest BCUT2D eigenvalue weighted by molar-refractivity contribution is -0.160. The van der Waals surface area contributed by atoms with E-state index in [1.165, 1.54) is 6.42 Å². The van der Waals surface area contributed by atoms with Crippen LogP contribution in [0.3, 0.4) is 0 Å². The van der Waals surface area contributed by atoms with E-state index >= 15 is 0 Å². The zero-order valence-corrected chi connectivity index (χ0v) is 20.0.